The second-order valence-corrected chi connectivity index (χ2v) is 9.39. The largest absolute Gasteiger partial charge is 0.471 e. The molecule has 0 spiro atoms. The number of carbonyl (C=O) groups excluding carboxylic acids is 2. The summed E-state index contributed by atoms with van der Waals surface area (Å²) in [5, 5.41) is 11.9. The molecule has 2 heterocycles. The Morgan fingerprint density at radius 2 is 1.86 bits per heavy atom. The first kappa shape index (κ1) is 26.7. The monoisotopic (exact) mass is 519 g/mol. The number of rotatable bonds is 7. The molecule has 37 heavy (non-hydrogen) atoms. The molecule has 2 N–H and O–H groups in total. The maximum atomic E-state index is 14.6. The third-order valence-electron chi connectivity index (χ3n) is 6.88. The first-order valence-electron chi connectivity index (χ1n) is 12.2. The van der Waals surface area contributed by atoms with Crippen LogP contribution in [0.5, 0.6) is 0 Å². The van der Waals surface area contributed by atoms with Gasteiger partial charge in [-0.2, -0.15) is 13.2 Å². The summed E-state index contributed by atoms with van der Waals surface area (Å²) in [7, 11) is 0. The lowest BCUT2D eigenvalue weighted by atomic mass is 9.88. The van der Waals surface area contributed by atoms with Gasteiger partial charge in [0, 0.05) is 44.4 Å². The SMILES string of the molecule is Cc1cccc2c(C(=O)N3CCC(c4cc(CNC(=O)C(F)(F)F)ccc4F)CC3)cn(CCCO)c12. The van der Waals surface area contributed by atoms with Crippen LogP contribution in [0.25, 0.3) is 10.9 Å². The number of amides is 2. The standard InChI is InChI=1S/C27H29F4N3O3/c1-17-4-2-5-20-22(16-34(24(17)20)10-3-13-35)25(36)33-11-8-19(9-12-33)21-14-18(6-7-23(21)28)15-32-26(37)27(29,30)31/h2,4-7,14,16,19,35H,3,8-13,15H2,1H3,(H,32,37). The van der Waals surface area contributed by atoms with Gasteiger partial charge in [0.15, 0.2) is 0 Å². The maximum absolute atomic E-state index is 14.6. The summed E-state index contributed by atoms with van der Waals surface area (Å²) in [5.74, 6) is -2.81. The molecule has 198 valence electrons. The van der Waals surface area contributed by atoms with Crippen LogP contribution in [0.3, 0.4) is 0 Å². The molecule has 2 amide bonds. The third-order valence-corrected chi connectivity index (χ3v) is 6.88. The van der Waals surface area contributed by atoms with Crippen molar-refractivity contribution in [1.82, 2.24) is 14.8 Å². The number of hydrogen-bond acceptors (Lipinski definition) is 3. The van der Waals surface area contributed by atoms with E-state index in [1.807, 2.05) is 35.9 Å². The van der Waals surface area contributed by atoms with Gasteiger partial charge in [0.25, 0.3) is 5.91 Å². The van der Waals surface area contributed by atoms with Crippen LogP contribution in [0, 0.1) is 12.7 Å². The number of aliphatic hydroxyl groups excluding tert-OH is 1. The molecule has 4 rings (SSSR count). The zero-order valence-corrected chi connectivity index (χ0v) is 20.4. The van der Waals surface area contributed by atoms with Crippen molar-refractivity contribution < 1.29 is 32.3 Å². The van der Waals surface area contributed by atoms with Crippen LogP contribution in [0.4, 0.5) is 17.6 Å². The Hall–Kier alpha value is -3.40. The minimum absolute atomic E-state index is 0.0504. The van der Waals surface area contributed by atoms with Crippen molar-refractivity contribution in [3.63, 3.8) is 0 Å². The summed E-state index contributed by atoms with van der Waals surface area (Å²) in [4.78, 5) is 26.3. The highest BCUT2D eigenvalue weighted by molar-refractivity contribution is 6.07. The fraction of sp³-hybridized carbons (Fsp3) is 0.407. The Balaban J connectivity index is 1.46. The van der Waals surface area contributed by atoms with Gasteiger partial charge in [0.1, 0.15) is 5.82 Å². The molecule has 10 heteroatoms. The molecule has 0 unspecified atom stereocenters. The molecule has 1 fully saturated rings. The number of hydrogen-bond donors (Lipinski definition) is 2. The van der Waals surface area contributed by atoms with Gasteiger partial charge in [0.2, 0.25) is 0 Å². The summed E-state index contributed by atoms with van der Waals surface area (Å²) in [6, 6.07) is 9.84. The van der Waals surface area contributed by atoms with E-state index in [1.165, 1.54) is 18.2 Å². The lowest BCUT2D eigenvalue weighted by Gasteiger charge is -2.32. The van der Waals surface area contributed by atoms with Crippen LogP contribution in [0.15, 0.2) is 42.6 Å². The molecule has 6 nitrogen and oxygen atoms in total. The van der Waals surface area contributed by atoms with Crippen molar-refractivity contribution in [3.05, 3.63) is 70.7 Å². The molecular weight excluding hydrogens is 490 g/mol. The number of aromatic nitrogens is 1. The number of nitrogens with zero attached hydrogens (tertiary/aromatic N) is 2. The molecule has 1 aliphatic rings. The average molecular weight is 520 g/mol. The highest BCUT2D eigenvalue weighted by atomic mass is 19.4. The lowest BCUT2D eigenvalue weighted by Crippen LogP contribution is -2.38. The van der Waals surface area contributed by atoms with Crippen LogP contribution in [0.1, 0.15) is 52.2 Å². The van der Waals surface area contributed by atoms with E-state index in [0.717, 1.165) is 16.5 Å². The average Bonchev–Trinajstić information content (AvgIpc) is 3.25. The van der Waals surface area contributed by atoms with Gasteiger partial charge < -0.3 is 19.9 Å². The predicted molar refractivity (Wildman–Crippen MR) is 131 cm³/mol. The maximum Gasteiger partial charge on any atom is 0.471 e. The van der Waals surface area contributed by atoms with Gasteiger partial charge in [-0.1, -0.05) is 30.3 Å². The van der Waals surface area contributed by atoms with E-state index in [-0.39, 0.29) is 25.0 Å². The Kier molecular flexibility index (Phi) is 7.87. The number of nitrogens with one attached hydrogen (secondary N) is 1. The number of aryl methyl sites for hydroxylation is 2. The molecule has 1 aliphatic heterocycles. The number of piperidine rings is 1. The minimum atomic E-state index is -4.98. The van der Waals surface area contributed by atoms with E-state index in [2.05, 4.69) is 0 Å². The molecule has 0 atom stereocenters. The number of carbonyl (C=O) groups is 2. The second-order valence-electron chi connectivity index (χ2n) is 9.39. The molecule has 3 aromatic rings. The second kappa shape index (κ2) is 10.9. The molecule has 0 aliphatic carbocycles. The van der Waals surface area contributed by atoms with Crippen LogP contribution < -0.4 is 5.32 Å². The number of aliphatic hydroxyl groups is 1. The normalized spacial score (nSPS) is 14.8. The quantitative estimate of drug-likeness (QED) is 0.446. The van der Waals surface area contributed by atoms with Crippen molar-refractivity contribution in [2.24, 2.45) is 0 Å². The van der Waals surface area contributed by atoms with Crippen molar-refractivity contribution >= 4 is 22.7 Å². The number of benzene rings is 2. The zero-order valence-electron chi connectivity index (χ0n) is 20.4. The van der Waals surface area contributed by atoms with E-state index in [0.29, 0.717) is 55.6 Å². The number of halogens is 4. The molecular formula is C27H29F4N3O3. The van der Waals surface area contributed by atoms with Crippen LogP contribution in [-0.2, 0) is 17.9 Å². The molecule has 1 aromatic heterocycles. The van der Waals surface area contributed by atoms with Crippen LogP contribution in [-0.4, -0.2) is 52.3 Å². The van der Waals surface area contributed by atoms with Crippen molar-refractivity contribution in [2.45, 2.75) is 51.4 Å². The Morgan fingerprint density at radius 3 is 2.54 bits per heavy atom. The van der Waals surface area contributed by atoms with Crippen molar-refractivity contribution in [3.8, 4) is 0 Å². The molecule has 1 saturated heterocycles. The highest BCUT2D eigenvalue weighted by Gasteiger charge is 2.38. The minimum Gasteiger partial charge on any atom is -0.396 e. The van der Waals surface area contributed by atoms with E-state index >= 15 is 0 Å². The van der Waals surface area contributed by atoms with Gasteiger partial charge in [-0.25, -0.2) is 4.39 Å². The van der Waals surface area contributed by atoms with Gasteiger partial charge in [0.05, 0.1) is 11.1 Å². The van der Waals surface area contributed by atoms with Gasteiger partial charge >= 0.3 is 12.1 Å². The predicted octanol–water partition coefficient (Wildman–Crippen LogP) is 4.67. The van der Waals surface area contributed by atoms with Gasteiger partial charge in [-0.15, -0.1) is 0 Å². The van der Waals surface area contributed by atoms with Gasteiger partial charge in [-0.05, 0) is 54.9 Å². The van der Waals surface area contributed by atoms with E-state index in [9.17, 15) is 32.3 Å². The van der Waals surface area contributed by atoms with Crippen molar-refractivity contribution in [2.75, 3.05) is 19.7 Å². The summed E-state index contributed by atoms with van der Waals surface area (Å²) >= 11 is 0. The van der Waals surface area contributed by atoms with Gasteiger partial charge in [-0.3, -0.25) is 9.59 Å². The number of alkyl halides is 3. The first-order chi connectivity index (χ1) is 17.6. The third kappa shape index (κ3) is 5.79. The van der Waals surface area contributed by atoms with Crippen LogP contribution in [0.2, 0.25) is 0 Å². The Labute approximate surface area is 211 Å². The molecule has 0 bridgehead atoms. The van der Waals surface area contributed by atoms with E-state index in [1.54, 1.807) is 10.2 Å². The summed E-state index contributed by atoms with van der Waals surface area (Å²) in [5.41, 5.74) is 3.34. The van der Waals surface area contributed by atoms with E-state index < -0.39 is 17.9 Å². The Bertz CT molecular complexity index is 1290. The lowest BCUT2D eigenvalue weighted by molar-refractivity contribution is -0.173. The first-order valence-corrected chi connectivity index (χ1v) is 12.2. The van der Waals surface area contributed by atoms with Crippen LogP contribution >= 0.6 is 0 Å². The smallest absolute Gasteiger partial charge is 0.396 e. The summed E-state index contributed by atoms with van der Waals surface area (Å²) < 4.78 is 54.0. The fourth-order valence-corrected chi connectivity index (χ4v) is 5.00. The molecule has 0 radical (unpaired) electrons. The Morgan fingerprint density at radius 1 is 1.14 bits per heavy atom. The number of likely N-dealkylation sites (tertiary alicyclic amines) is 1. The zero-order chi connectivity index (χ0) is 26.7. The summed E-state index contributed by atoms with van der Waals surface area (Å²) in [6.45, 7) is 3.08. The number of fused-ring (bicyclic) bond motifs is 1. The van der Waals surface area contributed by atoms with Crippen molar-refractivity contribution in [1.29, 1.82) is 0 Å². The fourth-order valence-electron chi connectivity index (χ4n) is 5.00. The molecule has 2 aromatic carbocycles. The number of para-hydroxylation sites is 1. The topological polar surface area (TPSA) is 74.6 Å². The highest BCUT2D eigenvalue weighted by Crippen LogP contribution is 2.33. The summed E-state index contributed by atoms with van der Waals surface area (Å²) in [6.07, 6.45) is -1.57. The molecule has 0 saturated carbocycles. The van der Waals surface area contributed by atoms with E-state index in [4.69, 9.17) is 0 Å².